The van der Waals surface area contributed by atoms with Crippen LogP contribution in [0.4, 0.5) is 15.8 Å². The number of carbonyl (C=O) groups is 1. The lowest BCUT2D eigenvalue weighted by Crippen LogP contribution is -2.41. The van der Waals surface area contributed by atoms with Crippen molar-refractivity contribution in [3.63, 3.8) is 0 Å². The molecule has 0 radical (unpaired) electrons. The first kappa shape index (κ1) is 21.6. The van der Waals surface area contributed by atoms with Crippen LogP contribution in [0.3, 0.4) is 0 Å². The predicted octanol–water partition coefficient (Wildman–Crippen LogP) is 5.26. The van der Waals surface area contributed by atoms with Crippen LogP contribution < -0.4 is 5.32 Å². The molecule has 1 amide bonds. The van der Waals surface area contributed by atoms with Crippen molar-refractivity contribution in [2.75, 3.05) is 31.6 Å². The van der Waals surface area contributed by atoms with Crippen LogP contribution in [0.25, 0.3) is 32.2 Å². The number of nitrogens with one attached hydrogen (secondary N) is 1. The summed E-state index contributed by atoms with van der Waals surface area (Å²) in [7, 11) is 0. The second-order valence-electron chi connectivity index (χ2n) is 8.19. The van der Waals surface area contributed by atoms with Crippen LogP contribution in [0.5, 0.6) is 0 Å². The van der Waals surface area contributed by atoms with E-state index in [1.165, 1.54) is 0 Å². The second kappa shape index (κ2) is 9.01. The summed E-state index contributed by atoms with van der Waals surface area (Å²) in [5, 5.41) is 4.28. The molecule has 2 aromatic carbocycles. The molecular formula is C26H20FN5O2S. The van der Waals surface area contributed by atoms with Crippen molar-refractivity contribution in [2.45, 2.75) is 0 Å². The number of carbonyl (C=O) groups excluding carboxylic acids is 1. The molecular weight excluding hydrogens is 465 g/mol. The summed E-state index contributed by atoms with van der Waals surface area (Å²) in [6.45, 7) is 1.91. The molecule has 1 saturated heterocycles. The number of ether oxygens (including phenoxy) is 1. The maximum absolute atomic E-state index is 15.1. The fraction of sp³-hybridized carbons (Fsp3) is 0.154. The van der Waals surface area contributed by atoms with Crippen molar-refractivity contribution in [1.29, 1.82) is 0 Å². The maximum Gasteiger partial charge on any atom is 0.272 e. The standard InChI is InChI=1S/C26H20FN5O2S/c27-25-18(3-5-22(31-25)26(33)32-9-11-34-12-10-32)16-1-4-20-19(13-16)21(7-8-28-20)30-17-2-6-24-23(14-17)29-15-35-24/h1-8,13-15H,9-12H2,(H,28,30). The van der Waals surface area contributed by atoms with Crippen LogP contribution in [0.1, 0.15) is 10.5 Å². The minimum absolute atomic E-state index is 0.0930. The number of morpholine rings is 1. The van der Waals surface area contributed by atoms with Gasteiger partial charge in [-0.25, -0.2) is 9.97 Å². The van der Waals surface area contributed by atoms with Crippen molar-refractivity contribution in [3.8, 4) is 11.1 Å². The molecule has 1 aliphatic rings. The number of rotatable bonds is 4. The number of amides is 1. The number of benzene rings is 2. The highest BCUT2D eigenvalue weighted by Gasteiger charge is 2.21. The fourth-order valence-corrected chi connectivity index (χ4v) is 4.87. The lowest BCUT2D eigenvalue weighted by Gasteiger charge is -2.26. The van der Waals surface area contributed by atoms with Gasteiger partial charge in [0.25, 0.3) is 5.91 Å². The Morgan fingerprint density at radius 2 is 1.89 bits per heavy atom. The topological polar surface area (TPSA) is 80.2 Å². The molecule has 174 valence electrons. The van der Waals surface area contributed by atoms with E-state index in [-0.39, 0.29) is 11.6 Å². The van der Waals surface area contributed by atoms with Crippen molar-refractivity contribution in [1.82, 2.24) is 19.9 Å². The molecule has 0 bridgehead atoms. The number of pyridine rings is 2. The molecule has 0 unspecified atom stereocenters. The smallest absolute Gasteiger partial charge is 0.272 e. The number of aromatic nitrogens is 3. The number of anilines is 2. The van der Waals surface area contributed by atoms with Gasteiger partial charge in [-0.3, -0.25) is 9.78 Å². The van der Waals surface area contributed by atoms with Crippen molar-refractivity contribution >= 4 is 49.7 Å². The highest BCUT2D eigenvalue weighted by Crippen LogP contribution is 2.32. The van der Waals surface area contributed by atoms with Gasteiger partial charge in [0.05, 0.1) is 34.5 Å². The Labute approximate surface area is 204 Å². The Morgan fingerprint density at radius 1 is 1.00 bits per heavy atom. The van der Waals surface area contributed by atoms with Gasteiger partial charge in [-0.15, -0.1) is 11.3 Å². The monoisotopic (exact) mass is 485 g/mol. The van der Waals surface area contributed by atoms with Crippen LogP contribution in [0.2, 0.25) is 0 Å². The van der Waals surface area contributed by atoms with Gasteiger partial charge >= 0.3 is 0 Å². The molecule has 0 atom stereocenters. The molecule has 0 saturated carbocycles. The zero-order chi connectivity index (χ0) is 23.8. The molecule has 4 heterocycles. The Hall–Kier alpha value is -3.95. The van der Waals surface area contributed by atoms with Gasteiger partial charge in [0.15, 0.2) is 0 Å². The van der Waals surface area contributed by atoms with Crippen LogP contribution in [0, 0.1) is 5.95 Å². The van der Waals surface area contributed by atoms with E-state index < -0.39 is 5.95 Å². The average Bonchev–Trinajstić information content (AvgIpc) is 3.37. The third-order valence-electron chi connectivity index (χ3n) is 6.03. The number of fused-ring (bicyclic) bond motifs is 2. The predicted molar refractivity (Wildman–Crippen MR) is 135 cm³/mol. The molecule has 1 fully saturated rings. The number of thiazole rings is 1. The highest BCUT2D eigenvalue weighted by atomic mass is 32.1. The molecule has 5 aromatic rings. The first-order valence-corrected chi connectivity index (χ1v) is 12.1. The van der Waals surface area contributed by atoms with Gasteiger partial charge in [0.2, 0.25) is 5.95 Å². The van der Waals surface area contributed by atoms with Crippen molar-refractivity contribution in [2.24, 2.45) is 0 Å². The molecule has 7 nitrogen and oxygen atoms in total. The van der Waals surface area contributed by atoms with Gasteiger partial charge < -0.3 is 15.0 Å². The van der Waals surface area contributed by atoms with E-state index in [0.717, 1.165) is 32.5 Å². The van der Waals surface area contributed by atoms with E-state index in [1.54, 1.807) is 34.6 Å². The highest BCUT2D eigenvalue weighted by molar-refractivity contribution is 7.16. The summed E-state index contributed by atoms with van der Waals surface area (Å²) in [6, 6.07) is 16.6. The molecule has 9 heteroatoms. The Morgan fingerprint density at radius 3 is 2.74 bits per heavy atom. The largest absolute Gasteiger partial charge is 0.378 e. The zero-order valence-electron chi connectivity index (χ0n) is 18.6. The van der Waals surface area contributed by atoms with Crippen LogP contribution in [-0.4, -0.2) is 52.1 Å². The van der Waals surface area contributed by atoms with E-state index in [4.69, 9.17) is 4.74 Å². The van der Waals surface area contributed by atoms with E-state index in [0.29, 0.717) is 37.4 Å². The molecule has 1 N–H and O–H groups in total. The van der Waals surface area contributed by atoms with Crippen LogP contribution >= 0.6 is 11.3 Å². The summed E-state index contributed by atoms with van der Waals surface area (Å²) < 4.78 is 21.5. The first-order valence-electron chi connectivity index (χ1n) is 11.2. The maximum atomic E-state index is 15.1. The van der Waals surface area contributed by atoms with Gasteiger partial charge in [0, 0.05) is 41.6 Å². The van der Waals surface area contributed by atoms with E-state index in [2.05, 4.69) is 20.3 Å². The number of hydrogen-bond acceptors (Lipinski definition) is 7. The van der Waals surface area contributed by atoms with E-state index in [9.17, 15) is 4.79 Å². The third-order valence-corrected chi connectivity index (χ3v) is 6.84. The van der Waals surface area contributed by atoms with Gasteiger partial charge in [-0.2, -0.15) is 4.39 Å². The molecule has 6 rings (SSSR count). The number of halogens is 1. The minimum Gasteiger partial charge on any atom is -0.378 e. The second-order valence-corrected chi connectivity index (χ2v) is 9.08. The fourth-order valence-electron chi connectivity index (χ4n) is 4.21. The minimum atomic E-state index is -0.684. The first-order chi connectivity index (χ1) is 17.2. The third kappa shape index (κ3) is 4.20. The number of hydrogen-bond donors (Lipinski definition) is 1. The van der Waals surface area contributed by atoms with Crippen LogP contribution in [0.15, 0.2) is 66.3 Å². The van der Waals surface area contributed by atoms with Crippen molar-refractivity contribution < 1.29 is 13.9 Å². The SMILES string of the molecule is O=C(c1ccc(-c2ccc3nccc(Nc4ccc5scnc5c4)c3c2)c(F)n1)N1CCOCC1. The van der Waals surface area contributed by atoms with E-state index in [1.807, 2.05) is 48.0 Å². The van der Waals surface area contributed by atoms with E-state index >= 15 is 4.39 Å². The summed E-state index contributed by atoms with van der Waals surface area (Å²) >= 11 is 1.60. The molecule has 1 aliphatic heterocycles. The lowest BCUT2D eigenvalue weighted by molar-refractivity contribution is 0.0298. The summed E-state index contributed by atoms with van der Waals surface area (Å²) in [4.78, 5) is 27.1. The summed E-state index contributed by atoms with van der Waals surface area (Å²) in [5.74, 6) is -0.971. The lowest BCUT2D eigenvalue weighted by atomic mass is 10.0. The Balaban J connectivity index is 1.33. The normalized spacial score (nSPS) is 13.9. The zero-order valence-corrected chi connectivity index (χ0v) is 19.4. The van der Waals surface area contributed by atoms with Gasteiger partial charge in [-0.1, -0.05) is 6.07 Å². The molecule has 0 spiro atoms. The van der Waals surface area contributed by atoms with Gasteiger partial charge in [-0.05, 0) is 54.1 Å². The van der Waals surface area contributed by atoms with Crippen LogP contribution in [-0.2, 0) is 4.74 Å². The molecule has 3 aromatic heterocycles. The molecule has 0 aliphatic carbocycles. The van der Waals surface area contributed by atoms with Gasteiger partial charge in [0.1, 0.15) is 5.69 Å². The molecule has 35 heavy (non-hydrogen) atoms. The summed E-state index contributed by atoms with van der Waals surface area (Å²) in [6.07, 6.45) is 1.74. The quantitative estimate of drug-likeness (QED) is 0.350. The van der Waals surface area contributed by atoms with Crippen molar-refractivity contribution in [3.05, 3.63) is 77.9 Å². The Kier molecular flexibility index (Phi) is 5.55. The average molecular weight is 486 g/mol. The summed E-state index contributed by atoms with van der Waals surface area (Å²) in [5.41, 5.74) is 6.35. The number of nitrogens with zero attached hydrogens (tertiary/aromatic N) is 4. The Bertz CT molecular complexity index is 1560.